The molecule has 0 aliphatic carbocycles. The Morgan fingerprint density at radius 3 is 2.05 bits per heavy atom. The summed E-state index contributed by atoms with van der Waals surface area (Å²) in [7, 11) is 2.37. The van der Waals surface area contributed by atoms with Gasteiger partial charge in [0.25, 0.3) is 0 Å². The van der Waals surface area contributed by atoms with Crippen LogP contribution in [0.3, 0.4) is 0 Å². The summed E-state index contributed by atoms with van der Waals surface area (Å²) in [6.07, 6.45) is 1.46. The van der Waals surface area contributed by atoms with E-state index in [1.165, 1.54) is 0 Å². The Balaban J connectivity index is 0. The van der Waals surface area contributed by atoms with Gasteiger partial charge in [-0.05, 0) is 6.92 Å². The Bertz CT molecular complexity index is 374. The Kier molecular flexibility index (Phi) is 9.67. The van der Waals surface area contributed by atoms with E-state index in [0.29, 0.717) is 18.4 Å². The van der Waals surface area contributed by atoms with Gasteiger partial charge in [0.1, 0.15) is 0 Å². The number of carbonyl (C=O) groups excluding carboxylic acids is 1. The van der Waals surface area contributed by atoms with E-state index < -0.39 is 16.1 Å². The summed E-state index contributed by atoms with van der Waals surface area (Å²) in [5.41, 5.74) is 0.344. The predicted molar refractivity (Wildman–Crippen MR) is 70.0 cm³/mol. The third kappa shape index (κ3) is 26.6. The van der Waals surface area contributed by atoms with Crippen molar-refractivity contribution in [3.8, 4) is 0 Å². The van der Waals surface area contributed by atoms with Gasteiger partial charge in [-0.3, -0.25) is 4.89 Å². The van der Waals surface area contributed by atoms with Crippen molar-refractivity contribution in [1.82, 2.24) is 0 Å². The molecular weight excluding hydrogens is 274 g/mol. The molecule has 0 aromatic rings. The van der Waals surface area contributed by atoms with Crippen LogP contribution in [-0.2, 0) is 24.7 Å². The van der Waals surface area contributed by atoms with Crippen LogP contribution in [0.1, 0.15) is 13.3 Å². The van der Waals surface area contributed by atoms with Crippen LogP contribution in [0.15, 0.2) is 12.2 Å². The van der Waals surface area contributed by atoms with Gasteiger partial charge in [0, 0.05) is 18.2 Å². The highest BCUT2D eigenvalue weighted by Gasteiger charge is 2.07. The molecule has 0 saturated carbocycles. The van der Waals surface area contributed by atoms with Crippen LogP contribution < -0.4 is 0 Å². The summed E-state index contributed by atoms with van der Waals surface area (Å²) >= 11 is 0. The molecule has 0 spiro atoms. The number of hydrogen-bond donors (Lipinski definition) is 0. The topological polar surface area (TPSA) is 92.7 Å². The molecule has 0 fully saturated rings. The van der Waals surface area contributed by atoms with Gasteiger partial charge in [0.2, 0.25) is 0 Å². The standard InChI is InChI=1S/C10H20NO3.CH4O3S/c1-9(2)10(12)14-13-8-6-7-11(3,4)5;1-5(2,3)4/h1,6-8H2,2-5H3;1H3,(H,2,3,4)/q+1;/p-1. The van der Waals surface area contributed by atoms with Gasteiger partial charge in [0.15, 0.2) is 0 Å². The van der Waals surface area contributed by atoms with Gasteiger partial charge in [0.05, 0.1) is 44.4 Å². The van der Waals surface area contributed by atoms with Crippen molar-refractivity contribution in [3.05, 3.63) is 12.2 Å². The molecule has 0 N–H and O–H groups in total. The first-order valence-electron chi connectivity index (χ1n) is 5.53. The van der Waals surface area contributed by atoms with Gasteiger partial charge in [-0.25, -0.2) is 13.2 Å². The third-order valence-corrected chi connectivity index (χ3v) is 1.54. The second-order valence-corrected chi connectivity index (χ2v) is 6.45. The minimum Gasteiger partial charge on any atom is -0.748 e. The fourth-order valence-electron chi connectivity index (χ4n) is 0.764. The highest BCUT2D eigenvalue weighted by atomic mass is 32.2. The molecule has 0 bridgehead atoms. The van der Waals surface area contributed by atoms with Gasteiger partial charge in [-0.2, -0.15) is 4.89 Å². The second-order valence-electron chi connectivity index (χ2n) is 5.04. The van der Waals surface area contributed by atoms with Crippen molar-refractivity contribution in [2.24, 2.45) is 0 Å². The smallest absolute Gasteiger partial charge is 0.368 e. The van der Waals surface area contributed by atoms with Crippen LogP contribution in [0.2, 0.25) is 0 Å². The number of rotatable bonds is 6. The largest absolute Gasteiger partial charge is 0.748 e. The third-order valence-electron chi connectivity index (χ3n) is 1.54. The molecule has 8 heteroatoms. The zero-order chi connectivity index (χ0) is 15.7. The van der Waals surface area contributed by atoms with Crippen molar-refractivity contribution in [1.29, 1.82) is 0 Å². The summed E-state index contributed by atoms with van der Waals surface area (Å²) in [6.45, 7) is 6.42. The van der Waals surface area contributed by atoms with E-state index in [0.717, 1.165) is 17.4 Å². The summed E-state index contributed by atoms with van der Waals surface area (Å²) in [5, 5.41) is 0. The van der Waals surface area contributed by atoms with Crippen LogP contribution in [0.5, 0.6) is 0 Å². The molecule has 0 aliphatic heterocycles. The van der Waals surface area contributed by atoms with Crippen molar-refractivity contribution in [2.45, 2.75) is 13.3 Å². The Morgan fingerprint density at radius 2 is 1.74 bits per heavy atom. The van der Waals surface area contributed by atoms with Crippen molar-refractivity contribution < 1.29 is 32.0 Å². The first-order valence-corrected chi connectivity index (χ1v) is 7.35. The fourth-order valence-corrected chi connectivity index (χ4v) is 0.764. The maximum absolute atomic E-state index is 10.9. The van der Waals surface area contributed by atoms with Crippen LogP contribution in [0.25, 0.3) is 0 Å². The van der Waals surface area contributed by atoms with Gasteiger partial charge < -0.3 is 9.04 Å². The fraction of sp³-hybridized carbons (Fsp3) is 0.727. The Hall–Kier alpha value is -0.960. The van der Waals surface area contributed by atoms with Crippen LogP contribution >= 0.6 is 0 Å². The number of carbonyl (C=O) groups is 1. The molecule has 0 aliphatic rings. The molecule has 0 radical (unpaired) electrons. The van der Waals surface area contributed by atoms with E-state index in [1.54, 1.807) is 6.92 Å². The van der Waals surface area contributed by atoms with E-state index >= 15 is 0 Å². The average molecular weight is 297 g/mol. The molecule has 0 aromatic carbocycles. The number of quaternary nitrogens is 1. The van der Waals surface area contributed by atoms with Crippen LogP contribution in [0.4, 0.5) is 0 Å². The molecule has 114 valence electrons. The molecule has 0 saturated heterocycles. The van der Waals surface area contributed by atoms with Gasteiger partial charge in [-0.15, -0.1) is 0 Å². The van der Waals surface area contributed by atoms with Crippen molar-refractivity contribution in [2.75, 3.05) is 40.6 Å². The van der Waals surface area contributed by atoms with Crippen molar-refractivity contribution >= 4 is 16.1 Å². The maximum atomic E-state index is 10.9. The highest BCUT2D eigenvalue weighted by Crippen LogP contribution is 1.96. The lowest BCUT2D eigenvalue weighted by Crippen LogP contribution is -2.35. The molecule has 19 heavy (non-hydrogen) atoms. The molecule has 0 aromatic heterocycles. The van der Waals surface area contributed by atoms with Crippen LogP contribution in [0, 0.1) is 0 Å². The first-order chi connectivity index (χ1) is 8.33. The predicted octanol–water partition coefficient (Wildman–Crippen LogP) is 0.295. The van der Waals surface area contributed by atoms with Gasteiger partial charge in [-0.1, -0.05) is 6.58 Å². The molecule has 0 atom stereocenters. The van der Waals surface area contributed by atoms with E-state index in [9.17, 15) is 4.79 Å². The van der Waals surface area contributed by atoms with E-state index in [-0.39, 0.29) is 0 Å². The summed E-state index contributed by atoms with van der Waals surface area (Å²) in [6, 6.07) is 0. The SMILES string of the molecule is C=C(C)C(=O)OOCCC[N+](C)(C)C.CS(=O)(=O)[O-]. The summed E-state index contributed by atoms with van der Waals surface area (Å²) in [4.78, 5) is 20.1. The van der Waals surface area contributed by atoms with Gasteiger partial charge >= 0.3 is 5.97 Å². The Labute approximate surface area is 115 Å². The number of hydrogen-bond acceptors (Lipinski definition) is 6. The normalized spacial score (nSPS) is 11.3. The average Bonchev–Trinajstić information content (AvgIpc) is 2.12. The molecule has 0 amide bonds. The summed E-state index contributed by atoms with van der Waals surface area (Å²) < 4.78 is 28.1. The summed E-state index contributed by atoms with van der Waals surface area (Å²) in [5.74, 6) is -0.504. The minimum atomic E-state index is -3.92. The Morgan fingerprint density at radius 1 is 1.32 bits per heavy atom. The number of nitrogens with zero attached hydrogens (tertiary/aromatic N) is 1. The molecule has 7 nitrogen and oxygen atoms in total. The lowest BCUT2D eigenvalue weighted by atomic mass is 10.4. The molecular formula is C11H23NO6S. The van der Waals surface area contributed by atoms with Crippen LogP contribution in [-0.4, -0.2) is 64.0 Å². The monoisotopic (exact) mass is 297 g/mol. The van der Waals surface area contributed by atoms with E-state index in [2.05, 4.69) is 32.6 Å². The zero-order valence-corrected chi connectivity index (χ0v) is 12.9. The molecule has 0 heterocycles. The molecule has 0 rings (SSSR count). The first kappa shape index (κ1) is 20.4. The lowest BCUT2D eigenvalue weighted by molar-refractivity contribution is -0.870. The zero-order valence-electron chi connectivity index (χ0n) is 12.1. The maximum Gasteiger partial charge on any atom is 0.368 e. The molecule has 0 unspecified atom stereocenters. The highest BCUT2D eigenvalue weighted by molar-refractivity contribution is 7.84. The van der Waals surface area contributed by atoms with E-state index in [1.807, 2.05) is 0 Å². The van der Waals surface area contributed by atoms with Crippen molar-refractivity contribution in [3.63, 3.8) is 0 Å². The van der Waals surface area contributed by atoms with E-state index in [4.69, 9.17) is 17.9 Å². The second kappa shape index (κ2) is 9.03. The lowest BCUT2D eigenvalue weighted by Gasteiger charge is -2.23. The minimum absolute atomic E-state index is 0.344. The quantitative estimate of drug-likeness (QED) is 0.175.